The lowest BCUT2D eigenvalue weighted by Gasteiger charge is -2.06. The molecule has 1 aromatic heterocycles. The number of hydrogen-bond acceptors (Lipinski definition) is 4. The maximum atomic E-state index is 12.7. The zero-order chi connectivity index (χ0) is 18.4. The van der Waals surface area contributed by atoms with E-state index in [4.69, 9.17) is 23.2 Å². The Bertz CT molecular complexity index is 1170. The Morgan fingerprint density at radius 2 is 1.96 bits per heavy atom. The number of fused-ring (bicyclic) bond motifs is 2. The van der Waals surface area contributed by atoms with Gasteiger partial charge in [0.2, 0.25) is 0 Å². The average molecular weight is 388 g/mol. The summed E-state index contributed by atoms with van der Waals surface area (Å²) in [6, 6.07) is 9.44. The van der Waals surface area contributed by atoms with Crippen LogP contribution in [0, 0.1) is 10.1 Å². The summed E-state index contributed by atoms with van der Waals surface area (Å²) in [6.45, 7) is 0.479. The molecule has 4 rings (SSSR count). The third-order valence-corrected chi connectivity index (χ3v) is 5.06. The largest absolute Gasteiger partial charge is 0.292 e. The van der Waals surface area contributed by atoms with Crippen molar-refractivity contribution in [2.75, 3.05) is 0 Å². The normalized spacial score (nSPS) is 14.8. The van der Waals surface area contributed by atoms with Gasteiger partial charge in [-0.25, -0.2) is 4.98 Å². The second kappa shape index (κ2) is 6.23. The van der Waals surface area contributed by atoms with Gasteiger partial charge in [0.05, 0.1) is 25.9 Å². The van der Waals surface area contributed by atoms with Crippen molar-refractivity contribution in [1.29, 1.82) is 0 Å². The number of nitro benzene ring substituents is 1. The lowest BCUT2D eigenvalue weighted by Crippen LogP contribution is -2.20. The summed E-state index contributed by atoms with van der Waals surface area (Å²) >= 11 is 12.0. The van der Waals surface area contributed by atoms with Gasteiger partial charge in [-0.05, 0) is 41.8 Å². The summed E-state index contributed by atoms with van der Waals surface area (Å²) in [6.07, 6.45) is 2.56. The van der Waals surface area contributed by atoms with Crippen molar-refractivity contribution in [3.05, 3.63) is 78.3 Å². The number of aromatic nitrogens is 2. The predicted octanol–water partition coefficient (Wildman–Crippen LogP) is 4.56. The average Bonchev–Trinajstić information content (AvgIpc) is 3.01. The fourth-order valence-corrected chi connectivity index (χ4v) is 3.37. The number of nitro groups is 1. The standard InChI is InChI=1S/C18H11Cl2N3O3/c19-14-3-1-10(8-15(14)20)7-11-5-6-22-17(11)21-16-4-2-12(23(25)26)9-13(16)18(22)24/h1-4,7-9H,5-6H2/b11-7-. The minimum absolute atomic E-state index is 0.124. The van der Waals surface area contributed by atoms with Crippen molar-refractivity contribution in [2.45, 2.75) is 13.0 Å². The topological polar surface area (TPSA) is 78.0 Å². The van der Waals surface area contributed by atoms with Crippen LogP contribution in [0.4, 0.5) is 5.69 Å². The summed E-state index contributed by atoms with van der Waals surface area (Å²) in [5.74, 6) is 0.572. The highest BCUT2D eigenvalue weighted by Crippen LogP contribution is 2.30. The second-order valence-electron chi connectivity index (χ2n) is 5.94. The van der Waals surface area contributed by atoms with Crippen molar-refractivity contribution >= 4 is 51.4 Å². The van der Waals surface area contributed by atoms with Gasteiger partial charge < -0.3 is 0 Å². The van der Waals surface area contributed by atoms with E-state index in [9.17, 15) is 14.9 Å². The number of allylic oxidation sites excluding steroid dienone is 1. The van der Waals surface area contributed by atoms with Crippen LogP contribution < -0.4 is 5.56 Å². The van der Waals surface area contributed by atoms with Crippen molar-refractivity contribution in [1.82, 2.24) is 9.55 Å². The van der Waals surface area contributed by atoms with E-state index in [2.05, 4.69) is 4.98 Å². The predicted molar refractivity (Wildman–Crippen MR) is 102 cm³/mol. The maximum absolute atomic E-state index is 12.7. The van der Waals surface area contributed by atoms with E-state index in [1.54, 1.807) is 16.7 Å². The molecule has 1 aliphatic heterocycles. The molecule has 0 amide bonds. The monoisotopic (exact) mass is 387 g/mol. The third kappa shape index (κ3) is 2.77. The van der Waals surface area contributed by atoms with E-state index < -0.39 is 4.92 Å². The molecule has 2 aromatic carbocycles. The van der Waals surface area contributed by atoms with Gasteiger partial charge in [-0.1, -0.05) is 29.3 Å². The summed E-state index contributed by atoms with van der Waals surface area (Å²) in [7, 11) is 0. The smallest absolute Gasteiger partial charge is 0.270 e. The maximum Gasteiger partial charge on any atom is 0.270 e. The Morgan fingerprint density at radius 1 is 1.15 bits per heavy atom. The molecular formula is C18H11Cl2N3O3. The summed E-state index contributed by atoms with van der Waals surface area (Å²) < 4.78 is 1.55. The molecule has 8 heteroatoms. The van der Waals surface area contributed by atoms with Gasteiger partial charge >= 0.3 is 0 Å². The lowest BCUT2D eigenvalue weighted by atomic mass is 10.1. The Kier molecular flexibility index (Phi) is 4.01. The van der Waals surface area contributed by atoms with Crippen LogP contribution in [0.5, 0.6) is 0 Å². The molecule has 26 heavy (non-hydrogen) atoms. The van der Waals surface area contributed by atoms with Gasteiger partial charge in [0.25, 0.3) is 11.2 Å². The number of non-ortho nitro benzene ring substituents is 1. The third-order valence-electron chi connectivity index (χ3n) is 4.33. The van der Waals surface area contributed by atoms with Crippen LogP contribution in [0.3, 0.4) is 0 Å². The molecule has 1 aliphatic rings. The highest BCUT2D eigenvalue weighted by Gasteiger charge is 2.22. The molecule has 0 unspecified atom stereocenters. The Morgan fingerprint density at radius 3 is 2.69 bits per heavy atom. The fraction of sp³-hybridized carbons (Fsp3) is 0.111. The number of hydrogen-bond donors (Lipinski definition) is 0. The van der Waals surface area contributed by atoms with E-state index in [1.165, 1.54) is 18.2 Å². The van der Waals surface area contributed by atoms with Crippen LogP contribution in [0.15, 0.2) is 41.2 Å². The lowest BCUT2D eigenvalue weighted by molar-refractivity contribution is -0.384. The first kappa shape index (κ1) is 16.8. The first-order valence-electron chi connectivity index (χ1n) is 7.79. The van der Waals surface area contributed by atoms with Gasteiger partial charge in [0, 0.05) is 18.7 Å². The molecule has 0 radical (unpaired) electrons. The number of benzene rings is 2. The van der Waals surface area contributed by atoms with Crippen molar-refractivity contribution in [3.8, 4) is 0 Å². The minimum atomic E-state index is -0.521. The molecular weight excluding hydrogens is 377 g/mol. The quantitative estimate of drug-likeness (QED) is 0.477. The van der Waals surface area contributed by atoms with Crippen molar-refractivity contribution in [2.24, 2.45) is 0 Å². The van der Waals surface area contributed by atoms with E-state index in [0.717, 1.165) is 11.1 Å². The van der Waals surface area contributed by atoms with Crippen LogP contribution in [0.2, 0.25) is 10.0 Å². The van der Waals surface area contributed by atoms with Gasteiger partial charge in [0.1, 0.15) is 5.82 Å². The Balaban J connectivity index is 1.86. The highest BCUT2D eigenvalue weighted by molar-refractivity contribution is 6.42. The van der Waals surface area contributed by atoms with Crippen LogP contribution in [0.25, 0.3) is 22.6 Å². The zero-order valence-corrected chi connectivity index (χ0v) is 14.8. The molecule has 130 valence electrons. The van der Waals surface area contributed by atoms with E-state index >= 15 is 0 Å². The van der Waals surface area contributed by atoms with Crippen molar-refractivity contribution < 1.29 is 4.92 Å². The number of nitrogens with zero attached hydrogens (tertiary/aromatic N) is 3. The molecule has 0 bridgehead atoms. The molecule has 0 spiro atoms. The number of rotatable bonds is 2. The van der Waals surface area contributed by atoms with Gasteiger partial charge in [-0.3, -0.25) is 19.5 Å². The second-order valence-corrected chi connectivity index (χ2v) is 6.76. The van der Waals surface area contributed by atoms with Crippen molar-refractivity contribution in [3.63, 3.8) is 0 Å². The summed E-state index contributed by atoms with van der Waals surface area (Å²) in [5, 5.41) is 12.1. The van der Waals surface area contributed by atoms with Gasteiger partial charge in [-0.2, -0.15) is 0 Å². The van der Waals surface area contributed by atoms with E-state index in [0.29, 0.717) is 34.4 Å². The molecule has 0 aliphatic carbocycles. The molecule has 0 saturated heterocycles. The zero-order valence-electron chi connectivity index (χ0n) is 13.3. The van der Waals surface area contributed by atoms with E-state index in [1.807, 2.05) is 12.1 Å². The molecule has 3 aromatic rings. The highest BCUT2D eigenvalue weighted by atomic mass is 35.5. The summed E-state index contributed by atoms with van der Waals surface area (Å²) in [5.41, 5.74) is 1.81. The van der Waals surface area contributed by atoms with E-state index in [-0.39, 0.29) is 16.6 Å². The van der Waals surface area contributed by atoms with Crippen LogP contribution in [0.1, 0.15) is 17.8 Å². The van der Waals surface area contributed by atoms with Gasteiger partial charge in [0.15, 0.2) is 0 Å². The first-order chi connectivity index (χ1) is 12.4. The van der Waals surface area contributed by atoms with Crippen LogP contribution >= 0.6 is 23.2 Å². The Labute approximate surface area is 157 Å². The number of halogens is 2. The van der Waals surface area contributed by atoms with Gasteiger partial charge in [-0.15, -0.1) is 0 Å². The van der Waals surface area contributed by atoms with Crippen LogP contribution in [-0.4, -0.2) is 14.5 Å². The van der Waals surface area contributed by atoms with Crippen LogP contribution in [-0.2, 0) is 6.54 Å². The molecule has 0 fully saturated rings. The first-order valence-corrected chi connectivity index (χ1v) is 8.54. The molecule has 0 saturated carbocycles. The molecule has 6 nitrogen and oxygen atoms in total. The Hall–Kier alpha value is -2.70. The molecule has 0 N–H and O–H groups in total. The SMILES string of the molecule is O=c1c2cc([N+](=O)[O-])ccc2nc2n1CC/C2=C/c1ccc(Cl)c(Cl)c1. The summed E-state index contributed by atoms with van der Waals surface area (Å²) in [4.78, 5) is 27.7. The molecule has 2 heterocycles. The fourth-order valence-electron chi connectivity index (χ4n) is 3.06. The molecule has 0 atom stereocenters. The minimum Gasteiger partial charge on any atom is -0.292 e.